The topological polar surface area (TPSA) is 92.3 Å². The minimum absolute atomic E-state index is 0.156. The van der Waals surface area contributed by atoms with E-state index < -0.39 is 5.91 Å². The number of benzene rings is 1. The molecule has 1 amide bonds. The second kappa shape index (κ2) is 6.85. The van der Waals surface area contributed by atoms with Crippen LogP contribution in [0.1, 0.15) is 34.9 Å². The lowest BCUT2D eigenvalue weighted by Gasteiger charge is -2.23. The number of rotatable bonds is 5. The van der Waals surface area contributed by atoms with Crippen molar-refractivity contribution in [3.8, 4) is 11.4 Å². The van der Waals surface area contributed by atoms with Gasteiger partial charge in [0.2, 0.25) is 5.91 Å². The molecule has 1 aliphatic rings. The number of primary amides is 1. The molecule has 1 aromatic carbocycles. The molecule has 0 spiro atoms. The normalized spacial score (nSPS) is 18.2. The van der Waals surface area contributed by atoms with Crippen LogP contribution in [0.2, 0.25) is 0 Å². The molecular formula is C17H20N4O2. The van der Waals surface area contributed by atoms with Crippen molar-refractivity contribution in [2.24, 2.45) is 5.73 Å². The third kappa shape index (κ3) is 3.38. The Hall–Kier alpha value is -2.31. The molecule has 1 unspecified atom stereocenters. The number of likely N-dealkylation sites (tertiary alicyclic amines) is 1. The van der Waals surface area contributed by atoms with E-state index >= 15 is 0 Å². The second-order valence-electron chi connectivity index (χ2n) is 5.66. The van der Waals surface area contributed by atoms with Gasteiger partial charge in [0.25, 0.3) is 0 Å². The van der Waals surface area contributed by atoms with Crippen molar-refractivity contribution >= 4 is 5.91 Å². The summed E-state index contributed by atoms with van der Waals surface area (Å²) in [5, 5.41) is 9.18. The minimum Gasteiger partial charge on any atom is -0.395 e. The summed E-state index contributed by atoms with van der Waals surface area (Å²) in [5.74, 6) is 0.186. The Kier molecular flexibility index (Phi) is 4.64. The molecule has 2 heterocycles. The first kappa shape index (κ1) is 15.6. The quantitative estimate of drug-likeness (QED) is 0.870. The number of nitrogens with zero attached hydrogens (tertiary/aromatic N) is 3. The van der Waals surface area contributed by atoms with E-state index in [1.165, 1.54) is 0 Å². The fourth-order valence-electron chi connectivity index (χ4n) is 3.04. The third-order valence-electron chi connectivity index (χ3n) is 4.20. The lowest BCUT2D eigenvalue weighted by Crippen LogP contribution is -2.27. The zero-order valence-corrected chi connectivity index (χ0v) is 12.9. The number of aliphatic hydroxyl groups excluding tert-OH is 1. The van der Waals surface area contributed by atoms with Crippen LogP contribution in [-0.4, -0.2) is 45.6 Å². The highest BCUT2D eigenvalue weighted by Gasteiger charge is 2.26. The fraction of sp³-hybridized carbons (Fsp3) is 0.353. The number of carbonyl (C=O) groups is 1. The summed E-state index contributed by atoms with van der Waals surface area (Å²) in [6.45, 7) is 1.80. The molecule has 1 aromatic heterocycles. The van der Waals surface area contributed by atoms with E-state index in [0.29, 0.717) is 17.9 Å². The van der Waals surface area contributed by atoms with Gasteiger partial charge in [-0.05, 0) is 37.6 Å². The van der Waals surface area contributed by atoms with Gasteiger partial charge in [-0.2, -0.15) is 0 Å². The Bertz CT molecular complexity index is 687. The molecule has 3 rings (SSSR count). The number of carbonyl (C=O) groups excluding carboxylic acids is 1. The van der Waals surface area contributed by atoms with E-state index in [0.717, 1.165) is 30.6 Å². The van der Waals surface area contributed by atoms with Gasteiger partial charge < -0.3 is 10.8 Å². The molecule has 23 heavy (non-hydrogen) atoms. The molecule has 2 aromatic rings. The third-order valence-corrected chi connectivity index (χ3v) is 4.20. The van der Waals surface area contributed by atoms with Crippen molar-refractivity contribution in [3.05, 3.63) is 47.8 Å². The maximum atomic E-state index is 11.1. The van der Waals surface area contributed by atoms with Gasteiger partial charge in [-0.25, -0.2) is 9.97 Å². The van der Waals surface area contributed by atoms with E-state index in [2.05, 4.69) is 14.9 Å². The summed E-state index contributed by atoms with van der Waals surface area (Å²) in [5.41, 5.74) is 7.55. The zero-order chi connectivity index (χ0) is 16.2. The predicted octanol–water partition coefficient (Wildman–Crippen LogP) is 1.37. The molecule has 1 saturated heterocycles. The van der Waals surface area contributed by atoms with E-state index in [9.17, 15) is 9.90 Å². The number of hydrogen-bond donors (Lipinski definition) is 2. The van der Waals surface area contributed by atoms with Gasteiger partial charge >= 0.3 is 0 Å². The molecule has 0 radical (unpaired) electrons. The molecule has 1 fully saturated rings. The molecule has 120 valence electrons. The van der Waals surface area contributed by atoms with Crippen LogP contribution in [0.25, 0.3) is 11.4 Å². The van der Waals surface area contributed by atoms with E-state index in [-0.39, 0.29) is 12.6 Å². The summed E-state index contributed by atoms with van der Waals surface area (Å²) in [7, 11) is 0. The lowest BCUT2D eigenvalue weighted by atomic mass is 10.1. The number of nitrogens with two attached hydrogens (primary N) is 1. The Balaban J connectivity index is 1.86. The van der Waals surface area contributed by atoms with Crippen molar-refractivity contribution in [3.63, 3.8) is 0 Å². The van der Waals surface area contributed by atoms with Gasteiger partial charge in [0.1, 0.15) is 0 Å². The van der Waals surface area contributed by atoms with E-state index in [1.807, 2.05) is 6.07 Å². The highest BCUT2D eigenvalue weighted by Crippen LogP contribution is 2.31. The molecule has 1 atom stereocenters. The first-order valence-corrected chi connectivity index (χ1v) is 7.77. The smallest absolute Gasteiger partial charge is 0.248 e. The molecule has 6 heteroatoms. The lowest BCUT2D eigenvalue weighted by molar-refractivity contribution is 0.100. The first-order chi connectivity index (χ1) is 11.2. The summed E-state index contributed by atoms with van der Waals surface area (Å²) < 4.78 is 0. The van der Waals surface area contributed by atoms with Gasteiger partial charge in [-0.1, -0.05) is 12.1 Å². The number of β-amino-alcohol motifs (C(OH)–C–C–N with tert-alkyl or cyclic N) is 1. The van der Waals surface area contributed by atoms with Gasteiger partial charge in [0.15, 0.2) is 5.82 Å². The van der Waals surface area contributed by atoms with E-state index in [4.69, 9.17) is 5.73 Å². The molecule has 1 aliphatic heterocycles. The van der Waals surface area contributed by atoms with Crippen LogP contribution in [0.15, 0.2) is 36.5 Å². The zero-order valence-electron chi connectivity index (χ0n) is 12.9. The largest absolute Gasteiger partial charge is 0.395 e. The van der Waals surface area contributed by atoms with Gasteiger partial charge in [0, 0.05) is 23.9 Å². The van der Waals surface area contributed by atoms with Crippen LogP contribution in [0, 0.1) is 0 Å². The van der Waals surface area contributed by atoms with Crippen LogP contribution < -0.4 is 5.73 Å². The Morgan fingerprint density at radius 2 is 2.09 bits per heavy atom. The predicted molar refractivity (Wildman–Crippen MR) is 86.6 cm³/mol. The van der Waals surface area contributed by atoms with Crippen molar-refractivity contribution in [2.75, 3.05) is 19.7 Å². The molecule has 0 saturated carbocycles. The summed E-state index contributed by atoms with van der Waals surface area (Å²) in [6.07, 6.45) is 3.91. The molecule has 6 nitrogen and oxygen atoms in total. The SMILES string of the molecule is NC(=O)c1ccc(-c2nccc(C3CCCN3CCO)n2)cc1. The van der Waals surface area contributed by atoms with Crippen molar-refractivity contribution < 1.29 is 9.90 Å². The second-order valence-corrected chi connectivity index (χ2v) is 5.66. The van der Waals surface area contributed by atoms with Crippen molar-refractivity contribution in [2.45, 2.75) is 18.9 Å². The first-order valence-electron chi connectivity index (χ1n) is 7.77. The average molecular weight is 312 g/mol. The number of amides is 1. The Labute approximate surface area is 135 Å². The van der Waals surface area contributed by atoms with E-state index in [1.54, 1.807) is 30.5 Å². The summed E-state index contributed by atoms with van der Waals surface area (Å²) in [4.78, 5) is 22.4. The monoisotopic (exact) mass is 312 g/mol. The number of aliphatic hydroxyl groups is 1. The Morgan fingerprint density at radius 1 is 1.30 bits per heavy atom. The van der Waals surface area contributed by atoms with Gasteiger partial charge in [0.05, 0.1) is 18.3 Å². The van der Waals surface area contributed by atoms with Crippen molar-refractivity contribution in [1.29, 1.82) is 0 Å². The molecular weight excluding hydrogens is 292 g/mol. The van der Waals surface area contributed by atoms with Crippen molar-refractivity contribution in [1.82, 2.24) is 14.9 Å². The molecule has 3 N–H and O–H groups in total. The van der Waals surface area contributed by atoms with Crippen LogP contribution in [0.4, 0.5) is 0 Å². The molecule has 0 bridgehead atoms. The van der Waals surface area contributed by atoms with Crippen LogP contribution in [0.5, 0.6) is 0 Å². The number of aromatic nitrogens is 2. The molecule has 0 aliphatic carbocycles. The summed E-state index contributed by atoms with van der Waals surface area (Å²) in [6, 6.07) is 9.14. The Morgan fingerprint density at radius 3 is 2.78 bits per heavy atom. The minimum atomic E-state index is -0.447. The van der Waals surface area contributed by atoms with Crippen LogP contribution >= 0.6 is 0 Å². The van der Waals surface area contributed by atoms with Gasteiger partial charge in [-0.15, -0.1) is 0 Å². The highest BCUT2D eigenvalue weighted by atomic mass is 16.3. The summed E-state index contributed by atoms with van der Waals surface area (Å²) >= 11 is 0. The maximum Gasteiger partial charge on any atom is 0.248 e. The fourth-order valence-corrected chi connectivity index (χ4v) is 3.04. The average Bonchev–Trinajstić information content (AvgIpc) is 3.04. The van der Waals surface area contributed by atoms with Crippen LogP contribution in [-0.2, 0) is 0 Å². The van der Waals surface area contributed by atoms with Crippen LogP contribution in [0.3, 0.4) is 0 Å². The van der Waals surface area contributed by atoms with Gasteiger partial charge in [-0.3, -0.25) is 9.69 Å². The highest BCUT2D eigenvalue weighted by molar-refractivity contribution is 5.93. The standard InChI is InChI=1S/C17H20N4O2/c18-16(23)12-3-5-13(6-4-12)17-19-8-7-14(20-17)15-2-1-9-21(15)10-11-22/h3-8,15,22H,1-2,9-11H2,(H2,18,23). The number of hydrogen-bond acceptors (Lipinski definition) is 5. The maximum absolute atomic E-state index is 11.1.